The molecule has 188 valence electrons. The Labute approximate surface area is 219 Å². The lowest BCUT2D eigenvalue weighted by atomic mass is 9.98. The highest BCUT2D eigenvalue weighted by atomic mass is 16.2. The van der Waals surface area contributed by atoms with Crippen LogP contribution in [0.3, 0.4) is 0 Å². The van der Waals surface area contributed by atoms with Gasteiger partial charge in [0.15, 0.2) is 0 Å². The minimum absolute atomic E-state index is 0.110. The smallest absolute Gasteiger partial charge is 0.258 e. The minimum atomic E-state index is -0.195. The monoisotopic (exact) mass is 491 g/mol. The second-order valence-electron chi connectivity index (χ2n) is 9.51. The van der Waals surface area contributed by atoms with Crippen molar-refractivity contribution in [1.29, 1.82) is 0 Å². The van der Waals surface area contributed by atoms with Crippen LogP contribution >= 0.6 is 0 Å². The summed E-state index contributed by atoms with van der Waals surface area (Å²) in [6.45, 7) is 4.16. The lowest BCUT2D eigenvalue weighted by Crippen LogP contribution is -2.29. The average Bonchev–Trinajstić information content (AvgIpc) is 2.92. The molecule has 0 aliphatic rings. The molecule has 0 heterocycles. The SMILES string of the molecule is Cc1ccc(-c2ccccc2C(=O)Nc2ccc(C(=O)N(C)c3ccccc3C(C)N(C)C)cc2)cc1. The maximum Gasteiger partial charge on any atom is 0.258 e. The molecule has 0 saturated heterocycles. The zero-order chi connectivity index (χ0) is 26.5. The minimum Gasteiger partial charge on any atom is -0.322 e. The number of hydrogen-bond donors (Lipinski definition) is 1. The van der Waals surface area contributed by atoms with E-state index >= 15 is 0 Å². The van der Waals surface area contributed by atoms with Crippen LogP contribution in [0.4, 0.5) is 11.4 Å². The van der Waals surface area contributed by atoms with E-state index in [4.69, 9.17) is 0 Å². The largest absolute Gasteiger partial charge is 0.322 e. The van der Waals surface area contributed by atoms with E-state index in [1.807, 2.05) is 87.7 Å². The molecule has 2 amide bonds. The first-order chi connectivity index (χ1) is 17.8. The number of nitrogens with zero attached hydrogens (tertiary/aromatic N) is 2. The molecule has 0 fully saturated rings. The van der Waals surface area contributed by atoms with Crippen molar-refractivity contribution in [2.75, 3.05) is 31.4 Å². The Morgan fingerprint density at radius 1 is 0.757 bits per heavy atom. The molecule has 4 aromatic rings. The van der Waals surface area contributed by atoms with Gasteiger partial charge in [0.2, 0.25) is 0 Å². The van der Waals surface area contributed by atoms with Crippen LogP contribution in [-0.2, 0) is 0 Å². The van der Waals surface area contributed by atoms with Crippen molar-refractivity contribution in [1.82, 2.24) is 4.90 Å². The fourth-order valence-electron chi connectivity index (χ4n) is 4.29. The molecule has 1 unspecified atom stereocenters. The number of carbonyl (C=O) groups excluding carboxylic acids is 2. The summed E-state index contributed by atoms with van der Waals surface area (Å²) >= 11 is 0. The summed E-state index contributed by atoms with van der Waals surface area (Å²) in [4.78, 5) is 30.2. The van der Waals surface area contributed by atoms with E-state index in [1.165, 1.54) is 5.56 Å². The van der Waals surface area contributed by atoms with E-state index in [0.29, 0.717) is 16.8 Å². The summed E-state index contributed by atoms with van der Waals surface area (Å²) in [5.74, 6) is -0.306. The molecule has 0 spiro atoms. The van der Waals surface area contributed by atoms with E-state index in [9.17, 15) is 9.59 Å². The lowest BCUT2D eigenvalue weighted by Gasteiger charge is -2.27. The van der Waals surface area contributed by atoms with Gasteiger partial charge in [0.1, 0.15) is 0 Å². The number of carbonyl (C=O) groups is 2. The molecule has 0 aliphatic heterocycles. The summed E-state index contributed by atoms with van der Waals surface area (Å²) < 4.78 is 0. The van der Waals surface area contributed by atoms with E-state index in [2.05, 4.69) is 23.2 Å². The van der Waals surface area contributed by atoms with Gasteiger partial charge in [-0.25, -0.2) is 0 Å². The number of aryl methyl sites for hydroxylation is 1. The van der Waals surface area contributed by atoms with Crippen LogP contribution in [-0.4, -0.2) is 37.9 Å². The van der Waals surface area contributed by atoms with Crippen molar-refractivity contribution < 1.29 is 9.59 Å². The quantitative estimate of drug-likeness (QED) is 0.309. The average molecular weight is 492 g/mol. The number of hydrogen-bond acceptors (Lipinski definition) is 3. The van der Waals surface area contributed by atoms with Crippen molar-refractivity contribution in [3.05, 3.63) is 119 Å². The van der Waals surface area contributed by atoms with Gasteiger partial charge in [-0.3, -0.25) is 9.59 Å². The number of anilines is 2. The maximum absolute atomic E-state index is 13.3. The summed E-state index contributed by atoms with van der Waals surface area (Å²) in [5, 5.41) is 2.97. The van der Waals surface area contributed by atoms with Gasteiger partial charge < -0.3 is 15.1 Å². The molecule has 0 bridgehead atoms. The van der Waals surface area contributed by atoms with Gasteiger partial charge in [0, 0.05) is 35.6 Å². The molecule has 37 heavy (non-hydrogen) atoms. The zero-order valence-corrected chi connectivity index (χ0v) is 22.0. The Morgan fingerprint density at radius 2 is 1.38 bits per heavy atom. The molecule has 5 heteroatoms. The molecule has 5 nitrogen and oxygen atoms in total. The second-order valence-corrected chi connectivity index (χ2v) is 9.51. The fourth-order valence-corrected chi connectivity index (χ4v) is 4.29. The Hall–Kier alpha value is -4.22. The molecular weight excluding hydrogens is 458 g/mol. The van der Waals surface area contributed by atoms with Gasteiger partial charge in [0.05, 0.1) is 0 Å². The second kappa shape index (κ2) is 11.2. The lowest BCUT2D eigenvalue weighted by molar-refractivity contribution is 0.0991. The summed E-state index contributed by atoms with van der Waals surface area (Å²) in [6.07, 6.45) is 0. The highest BCUT2D eigenvalue weighted by Crippen LogP contribution is 2.29. The Bertz CT molecular complexity index is 1390. The van der Waals surface area contributed by atoms with E-state index in [1.54, 1.807) is 36.2 Å². The van der Waals surface area contributed by atoms with Crippen LogP contribution in [0.5, 0.6) is 0 Å². The Kier molecular flexibility index (Phi) is 7.85. The predicted molar refractivity (Wildman–Crippen MR) is 152 cm³/mol. The molecule has 0 radical (unpaired) electrons. The topological polar surface area (TPSA) is 52.7 Å². The number of rotatable bonds is 7. The van der Waals surface area contributed by atoms with Crippen LogP contribution in [0.25, 0.3) is 11.1 Å². The van der Waals surface area contributed by atoms with Gasteiger partial charge in [-0.1, -0.05) is 66.2 Å². The third kappa shape index (κ3) is 5.79. The summed E-state index contributed by atoms with van der Waals surface area (Å²) in [7, 11) is 5.84. The molecule has 0 aromatic heterocycles. The highest BCUT2D eigenvalue weighted by Gasteiger charge is 2.20. The van der Waals surface area contributed by atoms with Crippen molar-refractivity contribution in [2.24, 2.45) is 0 Å². The van der Waals surface area contributed by atoms with Crippen molar-refractivity contribution in [3.8, 4) is 11.1 Å². The first-order valence-corrected chi connectivity index (χ1v) is 12.4. The van der Waals surface area contributed by atoms with Crippen LogP contribution in [0.2, 0.25) is 0 Å². The van der Waals surface area contributed by atoms with E-state index < -0.39 is 0 Å². The molecule has 1 atom stereocenters. The van der Waals surface area contributed by atoms with Gasteiger partial charge in [0.25, 0.3) is 11.8 Å². The van der Waals surface area contributed by atoms with Crippen LogP contribution in [0, 0.1) is 6.92 Å². The standard InChI is InChI=1S/C32H33N3O2/c1-22-14-16-24(17-15-22)28-11-6-7-12-29(28)31(36)33-26-20-18-25(19-21-26)32(37)35(5)30-13-9-8-10-27(30)23(2)34(3)4/h6-21,23H,1-5H3,(H,33,36). The Morgan fingerprint density at radius 3 is 2.05 bits per heavy atom. The van der Waals surface area contributed by atoms with Crippen molar-refractivity contribution in [2.45, 2.75) is 19.9 Å². The van der Waals surface area contributed by atoms with Crippen molar-refractivity contribution in [3.63, 3.8) is 0 Å². The van der Waals surface area contributed by atoms with E-state index in [-0.39, 0.29) is 17.9 Å². The van der Waals surface area contributed by atoms with Gasteiger partial charge in [-0.05, 0) is 81.0 Å². The molecule has 4 rings (SSSR count). The third-order valence-corrected chi connectivity index (χ3v) is 6.75. The third-order valence-electron chi connectivity index (χ3n) is 6.75. The first kappa shape index (κ1) is 25.9. The van der Waals surface area contributed by atoms with Crippen LogP contribution in [0.1, 0.15) is 44.8 Å². The summed E-state index contributed by atoms with van der Waals surface area (Å²) in [5.41, 5.74) is 6.76. The molecule has 1 N–H and O–H groups in total. The molecule has 0 aliphatic carbocycles. The highest BCUT2D eigenvalue weighted by molar-refractivity contribution is 6.09. The number of benzene rings is 4. The maximum atomic E-state index is 13.3. The first-order valence-electron chi connectivity index (χ1n) is 12.4. The molecular formula is C32H33N3O2. The van der Waals surface area contributed by atoms with Gasteiger partial charge in [-0.15, -0.1) is 0 Å². The number of amides is 2. The normalized spacial score (nSPS) is 11.7. The van der Waals surface area contributed by atoms with Gasteiger partial charge in [-0.2, -0.15) is 0 Å². The van der Waals surface area contributed by atoms with E-state index in [0.717, 1.165) is 22.4 Å². The number of para-hydroxylation sites is 1. The van der Waals surface area contributed by atoms with Crippen molar-refractivity contribution >= 4 is 23.2 Å². The van der Waals surface area contributed by atoms with Crippen LogP contribution < -0.4 is 10.2 Å². The predicted octanol–water partition coefficient (Wildman–Crippen LogP) is 6.81. The zero-order valence-electron chi connectivity index (χ0n) is 22.0. The summed E-state index contributed by atoms with van der Waals surface area (Å²) in [6, 6.07) is 30.8. The molecule has 0 saturated carbocycles. The van der Waals surface area contributed by atoms with Crippen LogP contribution in [0.15, 0.2) is 97.1 Å². The fraction of sp³-hybridized carbons (Fsp3) is 0.188. The number of nitrogens with one attached hydrogen (secondary N) is 1. The molecule has 4 aromatic carbocycles. The Balaban J connectivity index is 1.51. The van der Waals surface area contributed by atoms with Gasteiger partial charge >= 0.3 is 0 Å².